The molecule has 0 amide bonds. The lowest BCUT2D eigenvalue weighted by atomic mass is 10.0. The van der Waals surface area contributed by atoms with Gasteiger partial charge in [-0.05, 0) is 30.2 Å². The fourth-order valence-electron chi connectivity index (χ4n) is 2.41. The Hall–Kier alpha value is -1.74. The van der Waals surface area contributed by atoms with Crippen LogP contribution in [0, 0.1) is 0 Å². The topological polar surface area (TPSA) is 34.4 Å². The summed E-state index contributed by atoms with van der Waals surface area (Å²) in [5.41, 5.74) is 1.28. The fourth-order valence-corrected chi connectivity index (χ4v) is 2.41. The van der Waals surface area contributed by atoms with Crippen LogP contribution in [-0.2, 0) is 19.4 Å². The summed E-state index contributed by atoms with van der Waals surface area (Å²) in [4.78, 5) is 0. The highest BCUT2D eigenvalue weighted by atomic mass is 16.5. The van der Waals surface area contributed by atoms with Crippen LogP contribution in [0.4, 0.5) is 0 Å². The predicted molar refractivity (Wildman–Crippen MR) is 74.4 cm³/mol. The molecule has 0 fully saturated rings. The van der Waals surface area contributed by atoms with Crippen LogP contribution < -0.4 is 10.1 Å². The van der Waals surface area contributed by atoms with E-state index in [9.17, 15) is 0 Å². The van der Waals surface area contributed by atoms with Gasteiger partial charge in [0.05, 0.1) is 6.54 Å². The Labute approximate surface area is 113 Å². The molecule has 3 heteroatoms. The minimum Gasteiger partial charge on any atom is -0.492 e. The van der Waals surface area contributed by atoms with Crippen molar-refractivity contribution in [1.29, 1.82) is 0 Å². The summed E-state index contributed by atoms with van der Waals surface area (Å²) in [5, 5.41) is 3.50. The molecular weight excluding hydrogens is 238 g/mol. The number of rotatable bonds is 4. The number of aryl methyl sites for hydroxylation is 1. The molecule has 1 aromatic heterocycles. The molecule has 1 aliphatic rings. The number of hydrogen-bond acceptors (Lipinski definition) is 3. The fraction of sp³-hybridized carbons (Fsp3) is 0.375. The third-order valence-corrected chi connectivity index (χ3v) is 3.51. The Kier molecular flexibility index (Phi) is 3.56. The molecular formula is C16H19NO2. The van der Waals surface area contributed by atoms with Gasteiger partial charge in [-0.3, -0.25) is 0 Å². The van der Waals surface area contributed by atoms with Crippen LogP contribution in [0.3, 0.4) is 0 Å². The molecule has 3 rings (SSSR count). The standard InChI is InChI=1S/C16H19NO2/c1-2-14-7-8-15(19-14)10-17-13-9-12-5-3-4-6-16(12)18-11-13/h3-8,13,17H,2,9-11H2,1H3. The number of nitrogens with one attached hydrogen (secondary N) is 1. The van der Waals surface area contributed by atoms with E-state index in [-0.39, 0.29) is 0 Å². The maximum absolute atomic E-state index is 5.76. The Morgan fingerprint density at radius 1 is 1.16 bits per heavy atom. The van der Waals surface area contributed by atoms with Gasteiger partial charge in [-0.1, -0.05) is 25.1 Å². The van der Waals surface area contributed by atoms with Crippen molar-refractivity contribution in [2.75, 3.05) is 6.61 Å². The van der Waals surface area contributed by atoms with Gasteiger partial charge in [0.1, 0.15) is 23.9 Å². The predicted octanol–water partition coefficient (Wildman–Crippen LogP) is 2.94. The number of para-hydroxylation sites is 1. The molecule has 1 N–H and O–H groups in total. The lowest BCUT2D eigenvalue weighted by molar-refractivity contribution is 0.235. The summed E-state index contributed by atoms with van der Waals surface area (Å²) in [6, 6.07) is 12.7. The number of benzene rings is 1. The zero-order valence-electron chi connectivity index (χ0n) is 11.2. The van der Waals surface area contributed by atoms with Gasteiger partial charge in [-0.15, -0.1) is 0 Å². The highest BCUT2D eigenvalue weighted by molar-refractivity contribution is 5.35. The zero-order valence-corrected chi connectivity index (χ0v) is 11.2. The van der Waals surface area contributed by atoms with E-state index < -0.39 is 0 Å². The molecule has 3 nitrogen and oxygen atoms in total. The number of ether oxygens (including phenoxy) is 1. The Bertz CT molecular complexity index is 547. The summed E-state index contributed by atoms with van der Waals surface area (Å²) >= 11 is 0. The van der Waals surface area contributed by atoms with E-state index in [0.717, 1.165) is 43.3 Å². The van der Waals surface area contributed by atoms with E-state index in [1.165, 1.54) is 5.56 Å². The molecule has 0 bridgehead atoms. The van der Waals surface area contributed by atoms with Crippen LogP contribution in [0.1, 0.15) is 24.0 Å². The number of furan rings is 1. The molecule has 1 aliphatic heterocycles. The number of fused-ring (bicyclic) bond motifs is 1. The van der Waals surface area contributed by atoms with Gasteiger partial charge in [-0.25, -0.2) is 0 Å². The molecule has 19 heavy (non-hydrogen) atoms. The average molecular weight is 257 g/mol. The average Bonchev–Trinajstić information content (AvgIpc) is 2.93. The molecule has 1 aromatic carbocycles. The van der Waals surface area contributed by atoms with Crippen LogP contribution in [0.5, 0.6) is 5.75 Å². The molecule has 0 saturated carbocycles. The van der Waals surface area contributed by atoms with Crippen molar-refractivity contribution in [2.45, 2.75) is 32.4 Å². The number of hydrogen-bond donors (Lipinski definition) is 1. The molecule has 0 saturated heterocycles. The van der Waals surface area contributed by atoms with Gasteiger partial charge in [0.25, 0.3) is 0 Å². The summed E-state index contributed by atoms with van der Waals surface area (Å²) in [7, 11) is 0. The first-order valence-electron chi connectivity index (χ1n) is 6.87. The van der Waals surface area contributed by atoms with E-state index in [4.69, 9.17) is 9.15 Å². The minimum atomic E-state index is 0.352. The molecule has 100 valence electrons. The lowest BCUT2D eigenvalue weighted by Crippen LogP contribution is -2.38. The molecule has 2 aromatic rings. The summed E-state index contributed by atoms with van der Waals surface area (Å²) in [5.74, 6) is 3.06. The summed E-state index contributed by atoms with van der Waals surface area (Å²) in [6.45, 7) is 3.58. The maximum atomic E-state index is 5.76. The second-order valence-corrected chi connectivity index (χ2v) is 4.92. The Balaban J connectivity index is 1.57. The van der Waals surface area contributed by atoms with E-state index in [1.807, 2.05) is 24.3 Å². The van der Waals surface area contributed by atoms with Gasteiger partial charge in [0.15, 0.2) is 0 Å². The second kappa shape index (κ2) is 5.49. The monoisotopic (exact) mass is 257 g/mol. The van der Waals surface area contributed by atoms with Gasteiger partial charge >= 0.3 is 0 Å². The quantitative estimate of drug-likeness (QED) is 0.914. The molecule has 0 spiro atoms. The van der Waals surface area contributed by atoms with Crippen LogP contribution in [-0.4, -0.2) is 12.6 Å². The van der Waals surface area contributed by atoms with Crippen LogP contribution >= 0.6 is 0 Å². The Morgan fingerprint density at radius 3 is 2.84 bits per heavy atom. The first kappa shape index (κ1) is 12.3. The van der Waals surface area contributed by atoms with Crippen molar-refractivity contribution in [3.8, 4) is 5.75 Å². The normalized spacial score (nSPS) is 17.8. The molecule has 2 heterocycles. The van der Waals surface area contributed by atoms with Crippen molar-refractivity contribution >= 4 is 0 Å². The van der Waals surface area contributed by atoms with Crippen molar-refractivity contribution < 1.29 is 9.15 Å². The van der Waals surface area contributed by atoms with E-state index >= 15 is 0 Å². The summed E-state index contributed by atoms with van der Waals surface area (Å²) < 4.78 is 11.4. The highest BCUT2D eigenvalue weighted by Gasteiger charge is 2.19. The smallest absolute Gasteiger partial charge is 0.122 e. The first-order chi connectivity index (χ1) is 9.35. The van der Waals surface area contributed by atoms with Gasteiger partial charge < -0.3 is 14.5 Å². The third-order valence-electron chi connectivity index (χ3n) is 3.51. The molecule has 1 unspecified atom stereocenters. The SMILES string of the molecule is CCc1ccc(CNC2COc3ccccc3C2)o1. The highest BCUT2D eigenvalue weighted by Crippen LogP contribution is 2.24. The van der Waals surface area contributed by atoms with E-state index in [0.29, 0.717) is 6.04 Å². The molecule has 1 atom stereocenters. The van der Waals surface area contributed by atoms with Crippen molar-refractivity contribution in [1.82, 2.24) is 5.32 Å². The first-order valence-corrected chi connectivity index (χ1v) is 6.87. The summed E-state index contributed by atoms with van der Waals surface area (Å²) in [6.07, 6.45) is 1.96. The van der Waals surface area contributed by atoms with Crippen LogP contribution in [0.25, 0.3) is 0 Å². The van der Waals surface area contributed by atoms with Crippen LogP contribution in [0.2, 0.25) is 0 Å². The zero-order chi connectivity index (χ0) is 13.1. The largest absolute Gasteiger partial charge is 0.492 e. The van der Waals surface area contributed by atoms with Gasteiger partial charge in [0, 0.05) is 12.5 Å². The van der Waals surface area contributed by atoms with Gasteiger partial charge in [-0.2, -0.15) is 0 Å². The van der Waals surface area contributed by atoms with Crippen LogP contribution in [0.15, 0.2) is 40.8 Å². The maximum Gasteiger partial charge on any atom is 0.122 e. The van der Waals surface area contributed by atoms with E-state index in [2.05, 4.69) is 24.4 Å². The van der Waals surface area contributed by atoms with Crippen molar-refractivity contribution in [3.63, 3.8) is 0 Å². The molecule has 0 aliphatic carbocycles. The molecule has 0 radical (unpaired) electrons. The third kappa shape index (κ3) is 2.82. The van der Waals surface area contributed by atoms with Crippen molar-refractivity contribution in [2.24, 2.45) is 0 Å². The van der Waals surface area contributed by atoms with Gasteiger partial charge in [0.2, 0.25) is 0 Å². The van der Waals surface area contributed by atoms with E-state index in [1.54, 1.807) is 0 Å². The second-order valence-electron chi connectivity index (χ2n) is 4.92. The Morgan fingerprint density at radius 2 is 2.00 bits per heavy atom. The van der Waals surface area contributed by atoms with Crippen molar-refractivity contribution in [3.05, 3.63) is 53.5 Å². The lowest BCUT2D eigenvalue weighted by Gasteiger charge is -2.25. The minimum absolute atomic E-state index is 0.352.